The molecule has 1 fully saturated rings. The van der Waals surface area contributed by atoms with Crippen molar-refractivity contribution in [1.82, 2.24) is 19.5 Å². The van der Waals surface area contributed by atoms with Crippen molar-refractivity contribution in [3.05, 3.63) is 78.5 Å². The monoisotopic (exact) mass is 520 g/mol. The molecule has 0 amide bonds. The van der Waals surface area contributed by atoms with Crippen molar-refractivity contribution in [2.24, 2.45) is 0 Å². The van der Waals surface area contributed by atoms with Gasteiger partial charge in [0.05, 0.1) is 18.5 Å². The first-order valence-electron chi connectivity index (χ1n) is 12.6. The fourth-order valence-corrected chi connectivity index (χ4v) is 10.3. The summed E-state index contributed by atoms with van der Waals surface area (Å²) in [6.45, 7) is 8.28. The third kappa shape index (κ3) is 4.61. The molecular weight excluding hydrogens is 488 g/mol. The van der Waals surface area contributed by atoms with Crippen LogP contribution in [-0.2, 0) is 9.16 Å². The molecule has 0 spiro atoms. The van der Waals surface area contributed by atoms with Gasteiger partial charge in [0.2, 0.25) is 0 Å². The van der Waals surface area contributed by atoms with Gasteiger partial charge in [-0.25, -0.2) is 15.0 Å². The summed E-state index contributed by atoms with van der Waals surface area (Å²) in [5, 5.41) is 2.90. The average Bonchev–Trinajstić information content (AvgIpc) is 3.33. The maximum Gasteiger partial charge on any atom is 0.261 e. The number of halogens is 1. The Balaban J connectivity index is 1.44. The first-order chi connectivity index (χ1) is 17.4. The second-order valence-corrected chi connectivity index (χ2v) is 15.1. The lowest BCUT2D eigenvalue weighted by atomic mass is 10.00. The van der Waals surface area contributed by atoms with Crippen LogP contribution in [0.25, 0.3) is 11.2 Å². The van der Waals surface area contributed by atoms with Gasteiger partial charge in [-0.2, -0.15) is 0 Å². The van der Waals surface area contributed by atoms with Crippen molar-refractivity contribution in [3.63, 3.8) is 0 Å². The number of ether oxygens (including phenoxy) is 1. The predicted molar refractivity (Wildman–Crippen MR) is 147 cm³/mol. The Morgan fingerprint density at radius 2 is 1.67 bits per heavy atom. The molecule has 4 aromatic rings. The van der Waals surface area contributed by atoms with E-state index >= 15 is 0 Å². The fraction of sp³-hybridized carbons (Fsp3) is 0.393. The molecular formula is C28H33ClN4O2Si. The molecule has 2 atom stereocenters. The maximum absolute atomic E-state index is 7.13. The van der Waals surface area contributed by atoms with E-state index in [1.54, 1.807) is 0 Å². The second-order valence-electron chi connectivity index (χ2n) is 10.4. The van der Waals surface area contributed by atoms with Crippen LogP contribution in [0.5, 0.6) is 0 Å². The molecule has 1 saturated heterocycles. The number of hydrogen-bond donors (Lipinski definition) is 0. The third-order valence-corrected chi connectivity index (χ3v) is 12.5. The van der Waals surface area contributed by atoms with Crippen LogP contribution in [0.15, 0.2) is 73.3 Å². The number of rotatable bonds is 7. The molecule has 0 saturated carbocycles. The van der Waals surface area contributed by atoms with E-state index in [4.69, 9.17) is 20.8 Å². The molecule has 0 radical (unpaired) electrons. The second kappa shape index (κ2) is 10.4. The van der Waals surface area contributed by atoms with Gasteiger partial charge in [-0.1, -0.05) is 93.0 Å². The lowest BCUT2D eigenvalue weighted by Gasteiger charge is -2.43. The van der Waals surface area contributed by atoms with Crippen LogP contribution >= 0.6 is 11.6 Å². The van der Waals surface area contributed by atoms with Gasteiger partial charge in [0, 0.05) is 13.2 Å². The number of nitrogens with zero attached hydrogens (tertiary/aromatic N) is 4. The molecule has 1 aliphatic heterocycles. The average molecular weight is 521 g/mol. The molecule has 0 unspecified atom stereocenters. The summed E-state index contributed by atoms with van der Waals surface area (Å²) < 4.78 is 15.6. The zero-order valence-electron chi connectivity index (χ0n) is 21.1. The minimum atomic E-state index is -2.59. The summed E-state index contributed by atoms with van der Waals surface area (Å²) in [5.74, 6) is 0. The Labute approximate surface area is 218 Å². The number of aromatic nitrogens is 4. The van der Waals surface area contributed by atoms with Gasteiger partial charge in [0.25, 0.3) is 8.32 Å². The topological polar surface area (TPSA) is 62.1 Å². The molecule has 1 aliphatic rings. The van der Waals surface area contributed by atoms with Crippen molar-refractivity contribution in [1.29, 1.82) is 0 Å². The molecule has 0 aliphatic carbocycles. The molecule has 3 heterocycles. The van der Waals surface area contributed by atoms with Crippen LogP contribution in [0.1, 0.15) is 46.1 Å². The van der Waals surface area contributed by atoms with Crippen LogP contribution < -0.4 is 10.4 Å². The first-order valence-corrected chi connectivity index (χ1v) is 14.9. The number of fused-ring (bicyclic) bond motifs is 1. The standard InChI is InChI=1S/C28H33ClN4O2Si/c1-28(2,3)36(21-11-6-4-7-12-21,22-13-8-5-9-14-22)35-18-16-24-23(15-10-17-34-24)33-20-32-25-26(29)30-19-31-27(25)33/h4-9,11-14,19-20,23-24H,10,15-18H2,1-3H3/t23-,24+/m1/s1. The quantitative estimate of drug-likeness (QED) is 0.248. The molecule has 2 aromatic carbocycles. The van der Waals surface area contributed by atoms with E-state index < -0.39 is 8.32 Å². The van der Waals surface area contributed by atoms with Crippen LogP contribution in [-0.4, -0.2) is 47.2 Å². The summed E-state index contributed by atoms with van der Waals surface area (Å²) in [5.41, 5.74) is 1.38. The Morgan fingerprint density at radius 1 is 1.00 bits per heavy atom. The highest BCUT2D eigenvalue weighted by Gasteiger charge is 2.50. The van der Waals surface area contributed by atoms with Crippen molar-refractivity contribution < 1.29 is 9.16 Å². The Morgan fingerprint density at radius 3 is 2.31 bits per heavy atom. The van der Waals surface area contributed by atoms with E-state index in [-0.39, 0.29) is 17.2 Å². The van der Waals surface area contributed by atoms with Crippen molar-refractivity contribution in [2.45, 2.75) is 57.2 Å². The highest BCUT2D eigenvalue weighted by molar-refractivity contribution is 6.99. The van der Waals surface area contributed by atoms with Crippen molar-refractivity contribution in [3.8, 4) is 0 Å². The minimum absolute atomic E-state index is 0.00288. The molecule has 188 valence electrons. The van der Waals surface area contributed by atoms with Crippen LogP contribution in [0.3, 0.4) is 0 Å². The molecule has 8 heteroatoms. The summed E-state index contributed by atoms with van der Waals surface area (Å²) in [6, 6.07) is 21.6. The lowest BCUT2D eigenvalue weighted by molar-refractivity contribution is -0.0307. The number of hydrogen-bond acceptors (Lipinski definition) is 5. The largest absolute Gasteiger partial charge is 0.407 e. The maximum atomic E-state index is 7.13. The fourth-order valence-electron chi connectivity index (χ4n) is 5.57. The summed E-state index contributed by atoms with van der Waals surface area (Å²) >= 11 is 6.26. The van der Waals surface area contributed by atoms with Gasteiger partial charge in [-0.15, -0.1) is 0 Å². The van der Waals surface area contributed by atoms with E-state index in [0.717, 1.165) is 31.5 Å². The lowest BCUT2D eigenvalue weighted by Crippen LogP contribution is -2.66. The Kier molecular flexibility index (Phi) is 7.26. The van der Waals surface area contributed by atoms with Crippen molar-refractivity contribution in [2.75, 3.05) is 13.2 Å². The molecule has 0 bridgehead atoms. The summed E-state index contributed by atoms with van der Waals surface area (Å²) in [7, 11) is -2.59. The highest BCUT2D eigenvalue weighted by Crippen LogP contribution is 2.37. The summed E-state index contributed by atoms with van der Waals surface area (Å²) in [4.78, 5) is 13.0. The molecule has 36 heavy (non-hydrogen) atoms. The van der Waals surface area contributed by atoms with Gasteiger partial charge in [-0.05, 0) is 34.7 Å². The molecule has 6 nitrogen and oxygen atoms in total. The van der Waals surface area contributed by atoms with E-state index in [0.29, 0.717) is 17.3 Å². The number of imidazole rings is 1. The van der Waals surface area contributed by atoms with Crippen LogP contribution in [0, 0.1) is 0 Å². The van der Waals surface area contributed by atoms with Crippen molar-refractivity contribution >= 4 is 41.5 Å². The first kappa shape index (κ1) is 25.1. The zero-order chi connectivity index (χ0) is 25.2. The highest BCUT2D eigenvalue weighted by atomic mass is 35.5. The van der Waals surface area contributed by atoms with Gasteiger partial charge in [0.1, 0.15) is 11.8 Å². The van der Waals surface area contributed by atoms with E-state index in [1.807, 2.05) is 6.33 Å². The molecule has 2 aromatic heterocycles. The normalized spacial score (nSPS) is 19.0. The SMILES string of the molecule is CC(C)(C)[Si](OCC[C@@H]1OCCC[C@H]1n1cnc2c(Cl)ncnc21)(c1ccccc1)c1ccccc1. The third-order valence-electron chi connectivity index (χ3n) is 7.21. The van der Waals surface area contributed by atoms with E-state index in [9.17, 15) is 0 Å². The van der Waals surface area contributed by atoms with Gasteiger partial charge in [0.15, 0.2) is 10.8 Å². The van der Waals surface area contributed by atoms with Gasteiger partial charge < -0.3 is 13.7 Å². The minimum Gasteiger partial charge on any atom is -0.407 e. The van der Waals surface area contributed by atoms with Crippen LogP contribution in [0.4, 0.5) is 0 Å². The van der Waals surface area contributed by atoms with Gasteiger partial charge in [-0.3, -0.25) is 0 Å². The Hall–Kier alpha value is -2.58. The molecule has 0 N–H and O–H groups in total. The van der Waals surface area contributed by atoms with E-state index in [1.165, 1.54) is 16.7 Å². The smallest absolute Gasteiger partial charge is 0.261 e. The van der Waals surface area contributed by atoms with Crippen LogP contribution in [0.2, 0.25) is 10.2 Å². The zero-order valence-corrected chi connectivity index (χ0v) is 22.9. The van der Waals surface area contributed by atoms with Gasteiger partial charge >= 0.3 is 0 Å². The molecule has 5 rings (SSSR count). The Bertz CT molecular complexity index is 1250. The van der Waals surface area contributed by atoms with E-state index in [2.05, 4.69) is 101 Å². The predicted octanol–water partition coefficient (Wildman–Crippen LogP) is 5.17. The number of benzene rings is 2. The summed E-state index contributed by atoms with van der Waals surface area (Å²) in [6.07, 6.45) is 6.09.